The van der Waals surface area contributed by atoms with Crippen molar-refractivity contribution in [3.63, 3.8) is 0 Å². The molecule has 0 aliphatic carbocycles. The largest absolute Gasteiger partial charge is 0.390 e. The van der Waals surface area contributed by atoms with E-state index in [1.165, 1.54) is 73.0 Å². The fraction of sp³-hybridized carbons (Fsp3) is 0.139. The third-order valence-corrected chi connectivity index (χ3v) is 21.4. The number of aliphatic hydroxyl groups is 2. The molecule has 12 rings (SSSR count). The third kappa shape index (κ3) is 14.6. The summed E-state index contributed by atoms with van der Waals surface area (Å²) < 4.78 is 4.71. The lowest BCUT2D eigenvalue weighted by Crippen LogP contribution is -2.30. The molecule has 0 spiro atoms. The molecule has 2 atom stereocenters. The van der Waals surface area contributed by atoms with Crippen molar-refractivity contribution >= 4 is 136 Å². The van der Waals surface area contributed by atoms with Crippen molar-refractivity contribution in [1.29, 1.82) is 0 Å². The summed E-state index contributed by atoms with van der Waals surface area (Å²) >= 11 is 6.81. The molecule has 14 heteroatoms. The Kier molecular flexibility index (Phi) is 19.6. The van der Waals surface area contributed by atoms with Crippen LogP contribution in [0, 0.1) is 0 Å². The number of aryl methyl sites for hydroxylation is 2. The number of hydrogen-bond donors (Lipinski definition) is 2. The van der Waals surface area contributed by atoms with Gasteiger partial charge in [0.1, 0.15) is 0 Å². The van der Waals surface area contributed by atoms with Gasteiger partial charge in [-0.2, -0.15) is 10.2 Å². The van der Waals surface area contributed by atoms with Gasteiger partial charge in [-0.3, -0.25) is 10.0 Å². The fourth-order valence-electron chi connectivity index (χ4n) is 10.5. The molecule has 430 valence electrons. The Morgan fingerprint density at radius 2 is 0.698 bits per heavy atom. The Bertz CT molecular complexity index is 3980. The maximum atomic E-state index is 11.3. The van der Waals surface area contributed by atoms with E-state index in [-0.39, 0.29) is 0 Å². The van der Waals surface area contributed by atoms with E-state index in [4.69, 9.17) is 10.2 Å². The molecule has 0 saturated carbocycles. The Labute approximate surface area is 528 Å². The summed E-state index contributed by atoms with van der Waals surface area (Å²) in [6, 6.07) is 85.0. The first-order valence-electron chi connectivity index (χ1n) is 28.8. The second kappa shape index (κ2) is 28.5. The number of aliphatic hydroxyl groups excluding tert-OH is 2. The lowest BCUT2D eigenvalue weighted by molar-refractivity contribution is 0.204. The number of thioether (sulfide) groups is 2. The number of para-hydroxylation sites is 4. The lowest BCUT2D eigenvalue weighted by atomic mass is 10.1. The molecule has 0 radical (unpaired) electrons. The number of benzene rings is 10. The molecule has 12 aromatic rings. The van der Waals surface area contributed by atoms with E-state index in [9.17, 15) is 10.2 Å². The molecule has 0 fully saturated rings. The molecule has 10 aromatic carbocycles. The molecule has 0 amide bonds. The molecule has 2 aromatic heterocycles. The van der Waals surface area contributed by atoms with Crippen LogP contribution in [0.5, 0.6) is 0 Å². The van der Waals surface area contributed by atoms with Crippen LogP contribution in [0.25, 0.3) is 43.6 Å². The van der Waals surface area contributed by atoms with Gasteiger partial charge in [-0.15, -0.1) is 23.5 Å². The lowest BCUT2D eigenvalue weighted by Gasteiger charge is -2.22. The van der Waals surface area contributed by atoms with Crippen LogP contribution in [0.1, 0.15) is 25.0 Å². The third-order valence-electron chi connectivity index (χ3n) is 14.7. The highest BCUT2D eigenvalue weighted by molar-refractivity contribution is 8.76. The fourth-order valence-corrected chi connectivity index (χ4v) is 15.7. The van der Waals surface area contributed by atoms with Gasteiger partial charge in [0.05, 0.1) is 49.1 Å². The van der Waals surface area contributed by atoms with Crippen molar-refractivity contribution in [3.05, 3.63) is 254 Å². The van der Waals surface area contributed by atoms with Crippen LogP contribution < -0.4 is 10.0 Å². The van der Waals surface area contributed by atoms with E-state index in [1.54, 1.807) is 68.6 Å². The first-order valence-corrected chi connectivity index (χ1v) is 34.5. The molecule has 0 aliphatic heterocycles. The van der Waals surface area contributed by atoms with Crippen LogP contribution >= 0.6 is 68.6 Å². The Hall–Kier alpha value is -7.24. The minimum Gasteiger partial charge on any atom is -0.390 e. The summed E-state index contributed by atoms with van der Waals surface area (Å²) in [5, 5.41) is 41.2. The van der Waals surface area contributed by atoms with E-state index in [1.807, 2.05) is 83.1 Å². The topological polar surface area (TPSA) is 81.5 Å². The molecule has 86 heavy (non-hydrogen) atoms. The molecule has 2 heterocycles. The number of hydrogen-bond acceptors (Lipinski definition) is 12. The highest BCUT2D eigenvalue weighted by Gasteiger charge is 2.17. The van der Waals surface area contributed by atoms with Crippen molar-refractivity contribution in [3.8, 4) is 0 Å². The van der Waals surface area contributed by atoms with Crippen LogP contribution in [0.15, 0.2) is 292 Å². The second-order valence-electron chi connectivity index (χ2n) is 20.6. The highest BCUT2D eigenvalue weighted by atomic mass is 33.1. The maximum Gasteiger partial charge on any atom is 0.0830 e. The van der Waals surface area contributed by atoms with Gasteiger partial charge in [0.15, 0.2) is 0 Å². The SMILES string of the molecule is CCn1c2ccccc2c2cc(C=NN(CC(O)CSc3ccc(Sc4ccc(SSc5ccc(Sc6ccc(SCC(O)CN(N=Cc7ccc8c(c7)c7ccccc7n8CC)c7ccccc7)cc6)cc5)cc4)cc3)c3ccccc3)ccc21. The zero-order valence-corrected chi connectivity index (χ0v) is 52.6. The monoisotopic (exact) mass is 1240 g/mol. The van der Waals surface area contributed by atoms with Gasteiger partial charge in [0, 0.05) is 107 Å². The number of anilines is 2. The minimum atomic E-state index is -0.606. The predicted octanol–water partition coefficient (Wildman–Crippen LogP) is 19.0. The first kappa shape index (κ1) is 59.1. The zero-order valence-electron chi connectivity index (χ0n) is 47.7. The van der Waals surface area contributed by atoms with E-state index in [2.05, 4.69) is 205 Å². The summed E-state index contributed by atoms with van der Waals surface area (Å²) in [7, 11) is 3.52. The Morgan fingerprint density at radius 1 is 0.372 bits per heavy atom. The predicted molar refractivity (Wildman–Crippen MR) is 372 cm³/mol. The van der Waals surface area contributed by atoms with E-state index < -0.39 is 12.2 Å². The van der Waals surface area contributed by atoms with Gasteiger partial charge in [0.2, 0.25) is 0 Å². The number of aromatic nitrogens is 2. The quantitative estimate of drug-likeness (QED) is 0.0250. The van der Waals surface area contributed by atoms with E-state index >= 15 is 0 Å². The summed E-state index contributed by atoms with van der Waals surface area (Å²) in [5.41, 5.74) is 8.81. The van der Waals surface area contributed by atoms with Gasteiger partial charge in [-0.25, -0.2) is 0 Å². The van der Waals surface area contributed by atoms with Crippen LogP contribution in [-0.2, 0) is 13.1 Å². The number of fused-ring (bicyclic) bond motifs is 6. The van der Waals surface area contributed by atoms with Gasteiger partial charge in [-0.05, 0) is 183 Å². The smallest absolute Gasteiger partial charge is 0.0830 e. The molecule has 0 bridgehead atoms. The first-order chi connectivity index (χ1) is 42.3. The highest BCUT2D eigenvalue weighted by Crippen LogP contribution is 2.41. The van der Waals surface area contributed by atoms with E-state index in [0.29, 0.717) is 24.6 Å². The van der Waals surface area contributed by atoms with Crippen LogP contribution in [0.4, 0.5) is 11.4 Å². The van der Waals surface area contributed by atoms with Crippen molar-refractivity contribution < 1.29 is 10.2 Å². The van der Waals surface area contributed by atoms with Gasteiger partial charge < -0.3 is 19.3 Å². The molecule has 8 nitrogen and oxygen atoms in total. The van der Waals surface area contributed by atoms with Crippen LogP contribution in [-0.4, -0.2) is 68.6 Å². The Balaban J connectivity index is 0.576. The van der Waals surface area contributed by atoms with Crippen molar-refractivity contribution in [2.75, 3.05) is 34.6 Å². The molecular formula is C72H64N6O2S6. The van der Waals surface area contributed by atoms with Gasteiger partial charge in [0.25, 0.3) is 0 Å². The minimum absolute atomic E-state index is 0.366. The second-order valence-corrected chi connectivity index (χ2v) is 27.3. The zero-order chi connectivity index (χ0) is 58.6. The number of nitrogens with zero attached hydrogens (tertiary/aromatic N) is 6. The molecule has 2 N–H and O–H groups in total. The molecule has 0 saturated heterocycles. The van der Waals surface area contributed by atoms with Crippen molar-refractivity contribution in [1.82, 2.24) is 9.13 Å². The van der Waals surface area contributed by atoms with Gasteiger partial charge >= 0.3 is 0 Å². The summed E-state index contributed by atoms with van der Waals surface area (Å²) in [6.45, 7) is 6.92. The Morgan fingerprint density at radius 3 is 1.07 bits per heavy atom. The molecule has 0 aliphatic rings. The van der Waals surface area contributed by atoms with Crippen LogP contribution in [0.2, 0.25) is 0 Å². The average molecular weight is 1240 g/mol. The van der Waals surface area contributed by atoms with Crippen molar-refractivity contribution in [2.24, 2.45) is 10.2 Å². The van der Waals surface area contributed by atoms with Crippen molar-refractivity contribution in [2.45, 2.75) is 78.3 Å². The maximum absolute atomic E-state index is 11.3. The van der Waals surface area contributed by atoms with Gasteiger partial charge in [-0.1, -0.05) is 130 Å². The molecule has 2 unspecified atom stereocenters. The summed E-state index contributed by atoms with van der Waals surface area (Å²) in [5.74, 6) is 1.08. The van der Waals surface area contributed by atoms with Crippen LogP contribution in [0.3, 0.4) is 0 Å². The standard InChI is InChI=1S/C72H64N6O2S6/c1-3-75-69-21-13-11-19-65(69)67-43-51(23-41-71(67)75)45-73-77(53-15-7-5-8-16-53)47-55(79)49-81-57-25-29-59(30-26-57)83-61-33-37-63(38-34-61)85-86-64-39-35-62(36-40-64)84-60-31-27-58(28-32-60)82-50-56(80)48-78(54-17-9-6-10-18-54)74-46-52-24-42-72-68(44-52)66-20-12-14-22-70(66)76(72)4-2/h5-46,55-56,79-80H,3-4,47-50H2,1-2H3. The number of hydrazone groups is 2. The average Bonchev–Trinajstić information content (AvgIpc) is 3.06. The number of rotatable bonds is 25. The summed E-state index contributed by atoms with van der Waals surface area (Å²) in [4.78, 5) is 9.33. The summed E-state index contributed by atoms with van der Waals surface area (Å²) in [6.07, 6.45) is 2.59. The normalized spacial score (nSPS) is 12.6. The van der Waals surface area contributed by atoms with E-state index in [0.717, 1.165) is 45.4 Å². The molecular weight excluding hydrogens is 1170 g/mol.